The minimum Gasteiger partial charge on any atom is -0.394 e. The third kappa shape index (κ3) is 3.28. The van der Waals surface area contributed by atoms with Crippen LogP contribution in [0.1, 0.15) is 13.8 Å². The maximum atomic E-state index is 10.1. The van der Waals surface area contributed by atoms with E-state index in [2.05, 4.69) is 0 Å². The molecule has 0 aromatic carbocycles. The van der Waals surface area contributed by atoms with E-state index in [-0.39, 0.29) is 0 Å². The molecule has 2 aliphatic heterocycles. The van der Waals surface area contributed by atoms with Gasteiger partial charge in [-0.25, -0.2) is 0 Å². The summed E-state index contributed by atoms with van der Waals surface area (Å²) in [5, 5.41) is 58.3. The Bertz CT molecular complexity index is 367. The van der Waals surface area contributed by atoms with Crippen LogP contribution in [0.3, 0.4) is 0 Å². The first-order chi connectivity index (χ1) is 10.3. The highest BCUT2D eigenvalue weighted by Gasteiger charge is 2.48. The molecule has 10 atom stereocenters. The van der Waals surface area contributed by atoms with E-state index >= 15 is 0 Å². The molecule has 22 heavy (non-hydrogen) atoms. The minimum atomic E-state index is -1.52. The highest BCUT2D eigenvalue weighted by atomic mass is 16.7. The van der Waals surface area contributed by atoms with Crippen LogP contribution in [0.2, 0.25) is 0 Å². The Labute approximate surface area is 127 Å². The van der Waals surface area contributed by atoms with Crippen LogP contribution in [0.25, 0.3) is 0 Å². The standard InChI is InChI=1S/C13H24O9/c1-4-7(15)9(17)11(19)13(21-4)22-12-5(2)20-6(3-14)8(16)10(12)18/h4-19H,3H2,1-2H3/t4?,5-,6?,7-,8-,9+,10-,11?,12?,13-/m0/s1. The molecule has 0 spiro atoms. The number of hydrogen-bond acceptors (Lipinski definition) is 9. The fourth-order valence-electron chi connectivity index (χ4n) is 2.75. The van der Waals surface area contributed by atoms with E-state index in [0.29, 0.717) is 0 Å². The predicted molar refractivity (Wildman–Crippen MR) is 70.7 cm³/mol. The van der Waals surface area contributed by atoms with E-state index in [4.69, 9.17) is 19.3 Å². The van der Waals surface area contributed by atoms with Crippen molar-refractivity contribution in [2.75, 3.05) is 6.61 Å². The first-order valence-corrected chi connectivity index (χ1v) is 7.25. The molecule has 9 heteroatoms. The molecule has 9 nitrogen and oxygen atoms in total. The number of ether oxygens (including phenoxy) is 3. The summed E-state index contributed by atoms with van der Waals surface area (Å²) in [6, 6.07) is 0. The third-order valence-corrected chi connectivity index (χ3v) is 4.20. The monoisotopic (exact) mass is 324 g/mol. The first-order valence-electron chi connectivity index (χ1n) is 7.25. The normalized spacial score (nSPS) is 53.5. The van der Waals surface area contributed by atoms with Gasteiger partial charge >= 0.3 is 0 Å². The summed E-state index contributed by atoms with van der Waals surface area (Å²) in [6.07, 6.45) is -11.7. The van der Waals surface area contributed by atoms with Gasteiger partial charge in [0.2, 0.25) is 0 Å². The summed E-state index contributed by atoms with van der Waals surface area (Å²) in [4.78, 5) is 0. The van der Waals surface area contributed by atoms with Gasteiger partial charge in [-0.1, -0.05) is 0 Å². The average molecular weight is 324 g/mol. The molecular formula is C13H24O9. The van der Waals surface area contributed by atoms with Crippen molar-refractivity contribution < 1.29 is 44.8 Å². The number of rotatable bonds is 3. The van der Waals surface area contributed by atoms with Crippen molar-refractivity contribution in [3.8, 4) is 0 Å². The summed E-state index contributed by atoms with van der Waals surface area (Å²) in [6.45, 7) is 2.62. The Morgan fingerprint density at radius 2 is 1.41 bits per heavy atom. The molecule has 2 heterocycles. The molecule has 0 amide bonds. The van der Waals surface area contributed by atoms with E-state index in [1.54, 1.807) is 6.92 Å². The number of hydrogen-bond donors (Lipinski definition) is 6. The van der Waals surface area contributed by atoms with Gasteiger partial charge in [-0.05, 0) is 13.8 Å². The summed E-state index contributed by atoms with van der Waals surface area (Å²) < 4.78 is 16.1. The lowest BCUT2D eigenvalue weighted by Gasteiger charge is -2.45. The number of aliphatic hydroxyl groups is 6. The average Bonchev–Trinajstić information content (AvgIpc) is 2.49. The maximum Gasteiger partial charge on any atom is 0.187 e. The van der Waals surface area contributed by atoms with E-state index in [1.165, 1.54) is 6.92 Å². The van der Waals surface area contributed by atoms with Crippen LogP contribution < -0.4 is 0 Å². The van der Waals surface area contributed by atoms with Crippen LogP contribution in [0.15, 0.2) is 0 Å². The molecule has 0 bridgehead atoms. The van der Waals surface area contributed by atoms with Crippen LogP contribution in [0.5, 0.6) is 0 Å². The predicted octanol–water partition coefficient (Wildman–Crippen LogP) is -3.30. The molecule has 2 aliphatic rings. The zero-order valence-electron chi connectivity index (χ0n) is 12.4. The van der Waals surface area contributed by atoms with Gasteiger partial charge in [0.05, 0.1) is 18.8 Å². The van der Waals surface area contributed by atoms with Gasteiger partial charge in [-0.2, -0.15) is 0 Å². The molecule has 4 unspecified atom stereocenters. The van der Waals surface area contributed by atoms with Crippen molar-refractivity contribution in [1.82, 2.24) is 0 Å². The Kier molecular flexibility index (Phi) is 5.75. The molecule has 6 N–H and O–H groups in total. The van der Waals surface area contributed by atoms with Crippen LogP contribution in [0, 0.1) is 0 Å². The lowest BCUT2D eigenvalue weighted by atomic mass is 9.95. The van der Waals surface area contributed by atoms with Crippen molar-refractivity contribution in [3.05, 3.63) is 0 Å². The molecule has 0 aliphatic carbocycles. The smallest absolute Gasteiger partial charge is 0.187 e. The van der Waals surface area contributed by atoms with Gasteiger partial charge in [-0.15, -0.1) is 0 Å². The van der Waals surface area contributed by atoms with E-state index in [0.717, 1.165) is 0 Å². The minimum absolute atomic E-state index is 0.459. The molecule has 2 rings (SSSR count). The fraction of sp³-hybridized carbons (Fsp3) is 1.00. The van der Waals surface area contributed by atoms with Gasteiger partial charge < -0.3 is 44.8 Å². The Hall–Kier alpha value is -0.360. The molecule has 2 saturated heterocycles. The van der Waals surface area contributed by atoms with Crippen LogP contribution in [-0.2, 0) is 14.2 Å². The fourth-order valence-corrected chi connectivity index (χ4v) is 2.75. The summed E-state index contributed by atoms with van der Waals surface area (Å²) in [5.74, 6) is 0. The topological polar surface area (TPSA) is 149 Å². The molecular weight excluding hydrogens is 300 g/mol. The second kappa shape index (κ2) is 7.04. The largest absolute Gasteiger partial charge is 0.394 e. The molecule has 0 radical (unpaired) electrons. The molecule has 130 valence electrons. The van der Waals surface area contributed by atoms with E-state index < -0.39 is 67.8 Å². The Morgan fingerprint density at radius 1 is 0.773 bits per heavy atom. The maximum absolute atomic E-state index is 10.1. The molecule has 0 saturated carbocycles. The highest BCUT2D eigenvalue weighted by molar-refractivity contribution is 4.93. The molecule has 2 fully saturated rings. The van der Waals surface area contributed by atoms with Crippen molar-refractivity contribution in [2.45, 2.75) is 75.1 Å². The quantitative estimate of drug-likeness (QED) is 0.314. The van der Waals surface area contributed by atoms with Crippen molar-refractivity contribution in [2.24, 2.45) is 0 Å². The van der Waals surface area contributed by atoms with Crippen molar-refractivity contribution >= 4 is 0 Å². The zero-order chi connectivity index (χ0) is 16.6. The van der Waals surface area contributed by atoms with Crippen LogP contribution >= 0.6 is 0 Å². The summed E-state index contributed by atoms with van der Waals surface area (Å²) in [7, 11) is 0. The highest BCUT2D eigenvalue weighted by Crippen LogP contribution is 2.28. The van der Waals surface area contributed by atoms with Gasteiger partial charge in [-0.3, -0.25) is 0 Å². The zero-order valence-corrected chi connectivity index (χ0v) is 12.4. The first kappa shape index (κ1) is 18.0. The second-order valence-electron chi connectivity index (χ2n) is 5.83. The van der Waals surface area contributed by atoms with Gasteiger partial charge in [0, 0.05) is 0 Å². The molecule has 0 aromatic heterocycles. The summed E-state index contributed by atoms with van der Waals surface area (Å²) >= 11 is 0. The molecule has 0 aromatic rings. The van der Waals surface area contributed by atoms with E-state index in [1.807, 2.05) is 0 Å². The van der Waals surface area contributed by atoms with E-state index in [9.17, 15) is 25.5 Å². The number of aliphatic hydroxyl groups excluding tert-OH is 6. The third-order valence-electron chi connectivity index (χ3n) is 4.20. The second-order valence-corrected chi connectivity index (χ2v) is 5.83. The van der Waals surface area contributed by atoms with Gasteiger partial charge in [0.25, 0.3) is 0 Å². The van der Waals surface area contributed by atoms with Gasteiger partial charge in [0.15, 0.2) is 6.29 Å². The van der Waals surface area contributed by atoms with Crippen molar-refractivity contribution in [1.29, 1.82) is 0 Å². The lowest BCUT2D eigenvalue weighted by molar-refractivity contribution is -0.335. The Balaban J connectivity index is 2.06. The van der Waals surface area contributed by atoms with Crippen molar-refractivity contribution in [3.63, 3.8) is 0 Å². The van der Waals surface area contributed by atoms with Crippen LogP contribution in [0.4, 0.5) is 0 Å². The van der Waals surface area contributed by atoms with Crippen LogP contribution in [-0.4, -0.2) is 98.5 Å². The SMILES string of the molecule is CC1O[C@@H](OC2[C@H](C)OC(CO)[C@H](O)[C@@H]2O)C(O)[C@H](O)[C@H]1O. The Morgan fingerprint density at radius 3 is 2.00 bits per heavy atom. The summed E-state index contributed by atoms with van der Waals surface area (Å²) in [5.41, 5.74) is 0. The van der Waals surface area contributed by atoms with Gasteiger partial charge in [0.1, 0.15) is 42.7 Å². The lowest BCUT2D eigenvalue weighted by Crippen LogP contribution is -2.63.